The summed E-state index contributed by atoms with van der Waals surface area (Å²) in [6.45, 7) is 5.96. The van der Waals surface area contributed by atoms with E-state index in [-0.39, 0.29) is 19.1 Å². The number of ether oxygens (including phenoxy) is 1. The lowest BCUT2D eigenvalue weighted by Gasteiger charge is -2.36. The van der Waals surface area contributed by atoms with Crippen LogP contribution in [-0.4, -0.2) is 40.8 Å². The predicted octanol–water partition coefficient (Wildman–Crippen LogP) is 5.68. The molecular formula is C25H31NO4. The summed E-state index contributed by atoms with van der Waals surface area (Å²) in [6, 6.07) is 16.3. The van der Waals surface area contributed by atoms with Gasteiger partial charge in [0.25, 0.3) is 0 Å². The SMILES string of the molecule is CCCCCC(C)(C(=O)O)N(CC)C(=O)OCC1c2ccccc2-c2ccccc21. The number of hydrogen-bond acceptors (Lipinski definition) is 3. The molecule has 0 heterocycles. The first-order valence-electron chi connectivity index (χ1n) is 10.8. The van der Waals surface area contributed by atoms with Crippen LogP contribution >= 0.6 is 0 Å². The number of aliphatic carboxylic acids is 1. The first-order valence-corrected chi connectivity index (χ1v) is 10.8. The van der Waals surface area contributed by atoms with E-state index in [1.54, 1.807) is 13.8 Å². The third-order valence-electron chi connectivity index (χ3n) is 6.20. The van der Waals surface area contributed by atoms with Gasteiger partial charge in [0, 0.05) is 12.5 Å². The van der Waals surface area contributed by atoms with Gasteiger partial charge in [0.2, 0.25) is 0 Å². The van der Waals surface area contributed by atoms with Crippen LogP contribution in [-0.2, 0) is 9.53 Å². The van der Waals surface area contributed by atoms with Gasteiger partial charge in [-0.1, -0.05) is 74.7 Å². The zero-order valence-corrected chi connectivity index (χ0v) is 18.1. The van der Waals surface area contributed by atoms with Crippen LogP contribution in [0.15, 0.2) is 48.5 Å². The molecule has 1 unspecified atom stereocenters. The minimum atomic E-state index is -1.27. The normalized spacial score (nSPS) is 14.5. The van der Waals surface area contributed by atoms with Crippen LogP contribution in [0.2, 0.25) is 0 Å². The minimum Gasteiger partial charge on any atom is -0.480 e. The van der Waals surface area contributed by atoms with Crippen molar-refractivity contribution in [2.45, 2.75) is 57.9 Å². The lowest BCUT2D eigenvalue weighted by Crippen LogP contribution is -2.55. The van der Waals surface area contributed by atoms with E-state index in [9.17, 15) is 14.7 Å². The number of benzene rings is 2. The van der Waals surface area contributed by atoms with Gasteiger partial charge in [0.15, 0.2) is 0 Å². The number of unbranched alkanes of at least 4 members (excludes halogenated alkanes) is 2. The Morgan fingerprint density at radius 2 is 1.57 bits per heavy atom. The van der Waals surface area contributed by atoms with Crippen LogP contribution < -0.4 is 0 Å². The first kappa shape index (κ1) is 21.9. The third-order valence-corrected chi connectivity index (χ3v) is 6.20. The average Bonchev–Trinajstić information content (AvgIpc) is 3.06. The quantitative estimate of drug-likeness (QED) is 0.541. The molecule has 3 rings (SSSR count). The lowest BCUT2D eigenvalue weighted by molar-refractivity contribution is -0.150. The highest BCUT2D eigenvalue weighted by Crippen LogP contribution is 2.44. The van der Waals surface area contributed by atoms with Crippen LogP contribution in [0.4, 0.5) is 4.79 Å². The van der Waals surface area contributed by atoms with Crippen molar-refractivity contribution < 1.29 is 19.4 Å². The molecule has 160 valence electrons. The van der Waals surface area contributed by atoms with Crippen molar-refractivity contribution in [2.75, 3.05) is 13.2 Å². The summed E-state index contributed by atoms with van der Waals surface area (Å²) in [5, 5.41) is 9.87. The second kappa shape index (κ2) is 9.33. The summed E-state index contributed by atoms with van der Waals surface area (Å²) in [4.78, 5) is 26.4. The predicted molar refractivity (Wildman–Crippen MR) is 118 cm³/mol. The van der Waals surface area contributed by atoms with E-state index in [1.165, 1.54) is 4.90 Å². The van der Waals surface area contributed by atoms with Gasteiger partial charge in [-0.05, 0) is 42.5 Å². The molecule has 0 saturated carbocycles. The molecule has 1 aliphatic rings. The van der Waals surface area contributed by atoms with E-state index in [0.29, 0.717) is 6.42 Å². The van der Waals surface area contributed by atoms with Gasteiger partial charge in [0.1, 0.15) is 12.1 Å². The molecule has 2 aromatic rings. The van der Waals surface area contributed by atoms with Crippen LogP contribution in [0.3, 0.4) is 0 Å². The molecular weight excluding hydrogens is 378 g/mol. The number of likely N-dealkylation sites (N-methyl/N-ethyl adjacent to an activating group) is 1. The standard InChI is InChI=1S/C25H31NO4/c1-4-6-11-16-25(3,23(27)28)26(5-2)24(29)30-17-22-20-14-9-7-12-18(20)19-13-8-10-15-21(19)22/h7-10,12-15,22H,4-6,11,16-17H2,1-3H3,(H,27,28). The lowest BCUT2D eigenvalue weighted by atomic mass is 9.92. The van der Waals surface area contributed by atoms with Crippen molar-refractivity contribution in [1.29, 1.82) is 0 Å². The van der Waals surface area contributed by atoms with Gasteiger partial charge in [-0.25, -0.2) is 9.59 Å². The highest BCUT2D eigenvalue weighted by molar-refractivity contribution is 5.84. The highest BCUT2D eigenvalue weighted by Gasteiger charge is 2.42. The summed E-state index contributed by atoms with van der Waals surface area (Å²) in [7, 11) is 0. The summed E-state index contributed by atoms with van der Waals surface area (Å²) in [6.07, 6.45) is 2.53. The second-order valence-electron chi connectivity index (χ2n) is 8.08. The van der Waals surface area contributed by atoms with Gasteiger partial charge >= 0.3 is 12.1 Å². The molecule has 5 heteroatoms. The number of rotatable bonds is 9. The number of carbonyl (C=O) groups excluding carboxylic acids is 1. The largest absolute Gasteiger partial charge is 0.480 e. The third kappa shape index (κ3) is 4.07. The van der Waals surface area contributed by atoms with Gasteiger partial charge in [-0.15, -0.1) is 0 Å². The Bertz CT molecular complexity index is 864. The molecule has 0 radical (unpaired) electrons. The topological polar surface area (TPSA) is 66.8 Å². The Hall–Kier alpha value is -2.82. The van der Waals surface area contributed by atoms with Gasteiger partial charge in [0.05, 0.1) is 0 Å². The van der Waals surface area contributed by atoms with Gasteiger partial charge < -0.3 is 9.84 Å². The zero-order valence-electron chi connectivity index (χ0n) is 18.1. The highest BCUT2D eigenvalue weighted by atomic mass is 16.6. The number of carboxylic acids is 1. The zero-order chi connectivity index (χ0) is 21.7. The Balaban J connectivity index is 1.77. The Kier molecular flexibility index (Phi) is 6.80. The molecule has 0 saturated heterocycles. The maximum atomic E-state index is 13.0. The van der Waals surface area contributed by atoms with E-state index in [0.717, 1.165) is 41.5 Å². The molecule has 2 aromatic carbocycles. The summed E-state index contributed by atoms with van der Waals surface area (Å²) >= 11 is 0. The molecule has 0 fully saturated rings. The number of amides is 1. The van der Waals surface area contributed by atoms with Crippen LogP contribution in [0.1, 0.15) is 63.5 Å². The van der Waals surface area contributed by atoms with Gasteiger partial charge in [-0.2, -0.15) is 0 Å². The smallest absolute Gasteiger partial charge is 0.410 e. The molecule has 0 aliphatic heterocycles. The van der Waals surface area contributed by atoms with E-state index in [1.807, 2.05) is 24.3 Å². The number of nitrogens with zero attached hydrogens (tertiary/aromatic N) is 1. The van der Waals surface area contributed by atoms with E-state index in [2.05, 4.69) is 31.2 Å². The molecule has 5 nitrogen and oxygen atoms in total. The molecule has 1 atom stereocenters. The fourth-order valence-electron chi connectivity index (χ4n) is 4.43. The fourth-order valence-corrected chi connectivity index (χ4v) is 4.43. The molecule has 1 amide bonds. The van der Waals surface area contributed by atoms with Crippen molar-refractivity contribution in [3.8, 4) is 11.1 Å². The number of hydrogen-bond donors (Lipinski definition) is 1. The maximum Gasteiger partial charge on any atom is 0.410 e. The molecule has 1 N–H and O–H groups in total. The van der Waals surface area contributed by atoms with Crippen molar-refractivity contribution in [3.63, 3.8) is 0 Å². The van der Waals surface area contributed by atoms with Gasteiger partial charge in [-0.3, -0.25) is 4.90 Å². The van der Waals surface area contributed by atoms with E-state index in [4.69, 9.17) is 4.74 Å². The van der Waals surface area contributed by atoms with E-state index < -0.39 is 17.6 Å². The molecule has 0 spiro atoms. The molecule has 30 heavy (non-hydrogen) atoms. The second-order valence-corrected chi connectivity index (χ2v) is 8.08. The number of carbonyl (C=O) groups is 2. The molecule has 1 aliphatic carbocycles. The Morgan fingerprint density at radius 3 is 2.07 bits per heavy atom. The summed E-state index contributed by atoms with van der Waals surface area (Å²) in [5.41, 5.74) is 3.33. The fraction of sp³-hybridized carbons (Fsp3) is 0.440. The summed E-state index contributed by atoms with van der Waals surface area (Å²) in [5.74, 6) is -1.04. The van der Waals surface area contributed by atoms with E-state index >= 15 is 0 Å². The number of fused-ring (bicyclic) bond motifs is 3. The number of carboxylic acid groups (broad SMARTS) is 1. The van der Waals surface area contributed by atoms with Crippen LogP contribution in [0, 0.1) is 0 Å². The van der Waals surface area contributed by atoms with Crippen LogP contribution in [0.5, 0.6) is 0 Å². The Labute approximate surface area is 178 Å². The first-order chi connectivity index (χ1) is 14.4. The monoisotopic (exact) mass is 409 g/mol. The van der Waals surface area contributed by atoms with Crippen LogP contribution in [0.25, 0.3) is 11.1 Å². The summed E-state index contributed by atoms with van der Waals surface area (Å²) < 4.78 is 5.72. The van der Waals surface area contributed by atoms with Crippen molar-refractivity contribution in [3.05, 3.63) is 59.7 Å². The van der Waals surface area contributed by atoms with Crippen molar-refractivity contribution in [1.82, 2.24) is 4.90 Å². The average molecular weight is 410 g/mol. The maximum absolute atomic E-state index is 13.0. The van der Waals surface area contributed by atoms with Crippen molar-refractivity contribution >= 4 is 12.1 Å². The molecule has 0 bridgehead atoms. The minimum absolute atomic E-state index is 0.0452. The van der Waals surface area contributed by atoms with Crippen molar-refractivity contribution in [2.24, 2.45) is 0 Å². The molecule has 0 aromatic heterocycles. The Morgan fingerprint density at radius 1 is 1.00 bits per heavy atom.